The van der Waals surface area contributed by atoms with Gasteiger partial charge in [0.05, 0.1) is 0 Å². The van der Waals surface area contributed by atoms with Crippen molar-refractivity contribution in [2.75, 3.05) is 12.3 Å². The fourth-order valence-electron chi connectivity index (χ4n) is 0.337. The summed E-state index contributed by atoms with van der Waals surface area (Å²) >= 11 is 4.65. The van der Waals surface area contributed by atoms with Crippen LogP contribution in [-0.2, 0) is 4.79 Å². The van der Waals surface area contributed by atoms with Crippen molar-refractivity contribution in [2.24, 2.45) is 0 Å². The molecule has 8 heavy (non-hydrogen) atoms. The Labute approximate surface area is 55.1 Å². The minimum absolute atomic E-state index is 0.0217. The lowest BCUT2D eigenvalue weighted by Gasteiger charge is -1.95. The Morgan fingerprint density at radius 2 is 2.38 bits per heavy atom. The van der Waals surface area contributed by atoms with Gasteiger partial charge in [-0.3, -0.25) is 4.79 Å². The van der Waals surface area contributed by atoms with E-state index in [1.165, 1.54) is 6.92 Å². The molecule has 0 saturated carbocycles. The molecule has 1 radical (unpaired) electrons. The highest BCUT2D eigenvalue weighted by Crippen LogP contribution is 1.78. The summed E-state index contributed by atoms with van der Waals surface area (Å²) in [5.74, 6) is 0.744. The van der Waals surface area contributed by atoms with E-state index in [9.17, 15) is 4.79 Å². The molecular weight excluding hydrogens is 122 g/mol. The van der Waals surface area contributed by atoms with Gasteiger partial charge in [0.15, 0.2) is 0 Å². The molecule has 0 fully saturated rings. The second kappa shape index (κ2) is 4.97. The quantitative estimate of drug-likeness (QED) is 0.563. The second-order valence-electron chi connectivity index (χ2n) is 1.54. The molecule has 47 valence electrons. The maximum atomic E-state index is 10.2. The third-order valence-electron chi connectivity index (χ3n) is 0.695. The average molecular weight is 132 g/mol. The van der Waals surface area contributed by atoms with Crippen LogP contribution in [0, 0.1) is 0 Å². The molecule has 0 unspecified atom stereocenters. The Hall–Kier alpha value is -0.180. The summed E-state index contributed by atoms with van der Waals surface area (Å²) in [7, 11) is 0. The standard InChI is InChI=1S/C5H10NOS/c1-5(7)6-3-2-4-8/h2-4H2,1H3,(H,6,7). The predicted octanol–water partition coefficient (Wildman–Crippen LogP) is 0.710. The van der Waals surface area contributed by atoms with E-state index in [2.05, 4.69) is 17.9 Å². The highest BCUT2D eigenvalue weighted by Gasteiger charge is 1.86. The smallest absolute Gasteiger partial charge is 0.216 e. The first-order valence-electron chi connectivity index (χ1n) is 2.60. The number of nitrogens with one attached hydrogen (secondary N) is 1. The Bertz CT molecular complexity index is 74.8. The Balaban J connectivity index is 2.82. The Morgan fingerprint density at radius 1 is 1.75 bits per heavy atom. The molecule has 0 aliphatic rings. The summed E-state index contributed by atoms with van der Waals surface area (Å²) in [4.78, 5) is 10.2. The van der Waals surface area contributed by atoms with E-state index in [4.69, 9.17) is 0 Å². The van der Waals surface area contributed by atoms with Crippen molar-refractivity contribution in [3.05, 3.63) is 0 Å². The van der Waals surface area contributed by atoms with Crippen LogP contribution in [0.15, 0.2) is 0 Å². The van der Waals surface area contributed by atoms with E-state index in [0.717, 1.165) is 18.7 Å². The van der Waals surface area contributed by atoms with E-state index >= 15 is 0 Å². The largest absolute Gasteiger partial charge is 0.356 e. The molecule has 2 nitrogen and oxygen atoms in total. The molecule has 0 atom stereocenters. The van der Waals surface area contributed by atoms with Crippen LogP contribution in [0.25, 0.3) is 0 Å². The molecule has 1 amide bonds. The second-order valence-corrected chi connectivity index (χ2v) is 1.95. The predicted molar refractivity (Wildman–Crippen MR) is 35.8 cm³/mol. The van der Waals surface area contributed by atoms with Gasteiger partial charge in [0.25, 0.3) is 0 Å². The van der Waals surface area contributed by atoms with Gasteiger partial charge < -0.3 is 5.32 Å². The Kier molecular flexibility index (Phi) is 4.85. The third-order valence-corrected chi connectivity index (χ3v) is 0.984. The maximum Gasteiger partial charge on any atom is 0.216 e. The van der Waals surface area contributed by atoms with E-state index in [-0.39, 0.29) is 5.91 Å². The fraction of sp³-hybridized carbons (Fsp3) is 0.800. The molecule has 0 rings (SSSR count). The van der Waals surface area contributed by atoms with E-state index < -0.39 is 0 Å². The number of carbonyl (C=O) groups is 1. The number of rotatable bonds is 3. The van der Waals surface area contributed by atoms with Gasteiger partial charge in [-0.15, -0.1) is 0 Å². The van der Waals surface area contributed by atoms with Gasteiger partial charge in [0, 0.05) is 19.2 Å². The maximum absolute atomic E-state index is 10.2. The SMILES string of the molecule is CC(=O)NCCC[S]. The number of amides is 1. The van der Waals surface area contributed by atoms with Crippen LogP contribution in [0.5, 0.6) is 0 Å². The average Bonchev–Trinajstić information content (AvgIpc) is 1.66. The van der Waals surface area contributed by atoms with Crippen molar-refractivity contribution < 1.29 is 4.79 Å². The topological polar surface area (TPSA) is 29.1 Å². The zero-order valence-corrected chi connectivity index (χ0v) is 5.75. The van der Waals surface area contributed by atoms with Crippen LogP contribution < -0.4 is 5.32 Å². The molecule has 0 aromatic carbocycles. The van der Waals surface area contributed by atoms with Crippen LogP contribution in [0.4, 0.5) is 0 Å². The van der Waals surface area contributed by atoms with E-state index in [1.54, 1.807) is 0 Å². The number of hydrogen-bond donors (Lipinski definition) is 1. The molecule has 0 aliphatic heterocycles. The monoisotopic (exact) mass is 132 g/mol. The normalized spacial score (nSPS) is 8.75. The first-order chi connectivity index (χ1) is 3.77. The summed E-state index contributed by atoms with van der Waals surface area (Å²) in [5, 5.41) is 2.64. The van der Waals surface area contributed by atoms with Crippen molar-refractivity contribution in [3.8, 4) is 0 Å². The highest BCUT2D eigenvalue weighted by molar-refractivity contribution is 7.80. The van der Waals surface area contributed by atoms with Crippen molar-refractivity contribution in [2.45, 2.75) is 13.3 Å². The van der Waals surface area contributed by atoms with E-state index in [0.29, 0.717) is 0 Å². The van der Waals surface area contributed by atoms with Crippen molar-refractivity contribution in [1.29, 1.82) is 0 Å². The lowest BCUT2D eigenvalue weighted by atomic mass is 10.5. The molecule has 0 aliphatic carbocycles. The molecule has 0 spiro atoms. The van der Waals surface area contributed by atoms with Gasteiger partial charge >= 0.3 is 0 Å². The lowest BCUT2D eigenvalue weighted by molar-refractivity contribution is -0.118. The summed E-state index contributed by atoms with van der Waals surface area (Å²) in [5.41, 5.74) is 0. The minimum Gasteiger partial charge on any atom is -0.356 e. The van der Waals surface area contributed by atoms with Crippen molar-refractivity contribution in [1.82, 2.24) is 5.32 Å². The first-order valence-corrected chi connectivity index (χ1v) is 3.17. The molecule has 0 bridgehead atoms. The molecule has 0 aromatic rings. The van der Waals surface area contributed by atoms with E-state index in [1.807, 2.05) is 0 Å². The van der Waals surface area contributed by atoms with Crippen molar-refractivity contribution >= 4 is 18.5 Å². The first kappa shape index (κ1) is 7.82. The van der Waals surface area contributed by atoms with Gasteiger partial charge in [0.1, 0.15) is 0 Å². The zero-order valence-electron chi connectivity index (χ0n) is 4.94. The molecule has 0 saturated heterocycles. The molecule has 3 heteroatoms. The fourth-order valence-corrected chi connectivity index (χ4v) is 0.481. The molecule has 0 heterocycles. The zero-order chi connectivity index (χ0) is 6.41. The van der Waals surface area contributed by atoms with Gasteiger partial charge in [-0.05, 0) is 6.42 Å². The van der Waals surface area contributed by atoms with Gasteiger partial charge in [-0.25, -0.2) is 0 Å². The van der Waals surface area contributed by atoms with Gasteiger partial charge in [-0.1, -0.05) is 12.6 Å². The molecule has 1 N–H and O–H groups in total. The van der Waals surface area contributed by atoms with Crippen molar-refractivity contribution in [3.63, 3.8) is 0 Å². The van der Waals surface area contributed by atoms with Crippen LogP contribution in [0.3, 0.4) is 0 Å². The number of carbonyl (C=O) groups excluding carboxylic acids is 1. The molecule has 0 aromatic heterocycles. The summed E-state index contributed by atoms with van der Waals surface area (Å²) in [6, 6.07) is 0. The van der Waals surface area contributed by atoms with Gasteiger partial charge in [0.2, 0.25) is 5.91 Å². The highest BCUT2D eigenvalue weighted by atomic mass is 32.1. The molecular formula is C5H10NOS. The van der Waals surface area contributed by atoms with Crippen LogP contribution in [-0.4, -0.2) is 18.2 Å². The summed E-state index contributed by atoms with van der Waals surface area (Å²) in [6.45, 7) is 2.22. The lowest BCUT2D eigenvalue weighted by Crippen LogP contribution is -2.20. The Morgan fingerprint density at radius 3 is 2.75 bits per heavy atom. The van der Waals surface area contributed by atoms with Crippen LogP contribution in [0.1, 0.15) is 13.3 Å². The van der Waals surface area contributed by atoms with Crippen LogP contribution in [0.2, 0.25) is 0 Å². The summed E-state index contributed by atoms with van der Waals surface area (Å²) in [6.07, 6.45) is 0.898. The third kappa shape index (κ3) is 5.82. The van der Waals surface area contributed by atoms with Gasteiger partial charge in [-0.2, -0.15) is 0 Å². The number of hydrogen-bond acceptors (Lipinski definition) is 1. The van der Waals surface area contributed by atoms with Crippen LogP contribution >= 0.6 is 12.6 Å². The summed E-state index contributed by atoms with van der Waals surface area (Å²) < 4.78 is 0. The minimum atomic E-state index is 0.0217.